The molecule has 0 aromatic carbocycles. The van der Waals surface area contributed by atoms with Gasteiger partial charge in [0.1, 0.15) is 5.76 Å². The molecule has 6 nitrogen and oxygen atoms in total. The van der Waals surface area contributed by atoms with E-state index in [0.29, 0.717) is 35.6 Å². The summed E-state index contributed by atoms with van der Waals surface area (Å²) in [5.74, 6) is 0.729. The van der Waals surface area contributed by atoms with E-state index in [-0.39, 0.29) is 5.70 Å². The van der Waals surface area contributed by atoms with Gasteiger partial charge in [0.15, 0.2) is 0 Å². The fourth-order valence-corrected chi connectivity index (χ4v) is 2.85. The van der Waals surface area contributed by atoms with Crippen molar-refractivity contribution in [1.82, 2.24) is 4.90 Å². The van der Waals surface area contributed by atoms with Gasteiger partial charge in [-0.25, -0.2) is 0 Å². The molecule has 2 rings (SSSR count). The Morgan fingerprint density at radius 3 is 3.00 bits per heavy atom. The molecule has 2 heterocycles. The van der Waals surface area contributed by atoms with E-state index in [1.54, 1.807) is 17.0 Å². The van der Waals surface area contributed by atoms with E-state index in [1.165, 1.54) is 24.1 Å². The molecule has 22 heavy (non-hydrogen) atoms. The van der Waals surface area contributed by atoms with Crippen LogP contribution in [0.25, 0.3) is 6.08 Å². The van der Waals surface area contributed by atoms with Crippen LogP contribution in [-0.2, 0) is 0 Å². The maximum atomic E-state index is 11.3. The van der Waals surface area contributed by atoms with Crippen molar-refractivity contribution in [3.05, 3.63) is 62.4 Å². The van der Waals surface area contributed by atoms with E-state index in [9.17, 15) is 10.1 Å². The molecule has 0 aliphatic carbocycles. The van der Waals surface area contributed by atoms with Gasteiger partial charge in [-0.3, -0.25) is 15.1 Å². The maximum Gasteiger partial charge on any atom is 0.314 e. The van der Waals surface area contributed by atoms with Gasteiger partial charge >= 0.3 is 5.70 Å². The van der Waals surface area contributed by atoms with Crippen molar-refractivity contribution >= 4 is 35.3 Å². The molecular formula is C14H14ClN3O3S. The second-order valence-corrected chi connectivity index (χ2v) is 6.38. The summed E-state index contributed by atoms with van der Waals surface area (Å²) in [5, 5.41) is 11.3. The molecule has 0 atom stereocenters. The highest BCUT2D eigenvalue weighted by molar-refractivity contribution is 8.08. The summed E-state index contributed by atoms with van der Waals surface area (Å²) in [5.41, 5.74) is -0.102. The van der Waals surface area contributed by atoms with Gasteiger partial charge in [0.25, 0.3) is 0 Å². The molecule has 0 amide bonds. The molecule has 1 aromatic rings. The first-order chi connectivity index (χ1) is 10.5. The van der Waals surface area contributed by atoms with Crippen LogP contribution in [0.1, 0.15) is 5.76 Å². The van der Waals surface area contributed by atoms with Crippen molar-refractivity contribution in [1.29, 1.82) is 0 Å². The molecule has 1 aliphatic heterocycles. The summed E-state index contributed by atoms with van der Waals surface area (Å²) in [6.07, 6.45) is 2.83. The number of hydrogen-bond donors (Lipinski definition) is 0. The number of nitro groups is 1. The molecule has 0 fully saturated rings. The third kappa shape index (κ3) is 4.25. The Hall–Kier alpha value is -1.99. The molecule has 1 aromatic heterocycles. The zero-order valence-electron chi connectivity index (χ0n) is 11.7. The van der Waals surface area contributed by atoms with Gasteiger partial charge in [0.05, 0.1) is 34.7 Å². The van der Waals surface area contributed by atoms with E-state index in [2.05, 4.69) is 18.2 Å². The van der Waals surface area contributed by atoms with Crippen LogP contribution in [0.3, 0.4) is 0 Å². The van der Waals surface area contributed by atoms with Crippen LogP contribution >= 0.6 is 23.4 Å². The van der Waals surface area contributed by atoms with E-state index in [0.717, 1.165) is 4.91 Å². The summed E-state index contributed by atoms with van der Waals surface area (Å²) >= 11 is 6.97. The maximum absolute atomic E-state index is 11.3. The number of hydrogen-bond acceptors (Lipinski definition) is 6. The van der Waals surface area contributed by atoms with Gasteiger partial charge in [-0.15, -0.1) is 0 Å². The number of amidine groups is 1. The Kier molecular flexibility index (Phi) is 5.46. The predicted octanol–water partition coefficient (Wildman–Crippen LogP) is 3.57. The summed E-state index contributed by atoms with van der Waals surface area (Å²) in [4.78, 5) is 17.7. The Balaban J connectivity index is 2.18. The van der Waals surface area contributed by atoms with Crippen LogP contribution in [0.5, 0.6) is 0 Å². The molecule has 116 valence electrons. The van der Waals surface area contributed by atoms with Crippen molar-refractivity contribution < 1.29 is 9.34 Å². The monoisotopic (exact) mass is 339 g/mol. The second-order valence-electron chi connectivity index (χ2n) is 4.42. The van der Waals surface area contributed by atoms with Gasteiger partial charge in [-0.05, 0) is 12.1 Å². The molecule has 0 saturated carbocycles. The van der Waals surface area contributed by atoms with Gasteiger partial charge in [-0.2, -0.15) is 0 Å². The topological polar surface area (TPSA) is 71.9 Å². The van der Waals surface area contributed by atoms with Crippen molar-refractivity contribution in [2.24, 2.45) is 4.99 Å². The minimum Gasteiger partial charge on any atom is -0.465 e. The molecule has 0 bridgehead atoms. The molecule has 0 N–H and O–H groups in total. The minimum atomic E-state index is -0.462. The number of halogens is 1. The first-order valence-electron chi connectivity index (χ1n) is 6.37. The highest BCUT2D eigenvalue weighted by atomic mass is 35.5. The zero-order chi connectivity index (χ0) is 16.1. The average Bonchev–Trinajstić information content (AvgIpc) is 3.05. The molecule has 0 saturated heterocycles. The van der Waals surface area contributed by atoms with Crippen LogP contribution in [-0.4, -0.2) is 35.3 Å². The minimum absolute atomic E-state index is 0.102. The lowest BCUT2D eigenvalue weighted by atomic mass is 10.3. The van der Waals surface area contributed by atoms with Crippen molar-refractivity contribution in [3.63, 3.8) is 0 Å². The first-order valence-corrected chi connectivity index (χ1v) is 7.56. The van der Waals surface area contributed by atoms with E-state index < -0.39 is 4.92 Å². The summed E-state index contributed by atoms with van der Waals surface area (Å²) in [6, 6.07) is 3.32. The van der Waals surface area contributed by atoms with E-state index >= 15 is 0 Å². The Morgan fingerprint density at radius 1 is 1.64 bits per heavy atom. The lowest BCUT2D eigenvalue weighted by molar-refractivity contribution is -0.414. The third-order valence-corrected chi connectivity index (χ3v) is 3.67. The van der Waals surface area contributed by atoms with Gasteiger partial charge in [0.2, 0.25) is 5.84 Å². The highest BCUT2D eigenvalue weighted by Crippen LogP contribution is 2.27. The lowest BCUT2D eigenvalue weighted by Gasteiger charge is -2.19. The number of furan rings is 1. The SMILES string of the molecule is C=C(Cl)SC(=C)CN1CCN=C1/C(=C\c1ccco1)[N+](=O)[O-]. The zero-order valence-corrected chi connectivity index (χ0v) is 13.3. The normalized spacial score (nSPS) is 14.9. The van der Waals surface area contributed by atoms with Crippen molar-refractivity contribution in [2.75, 3.05) is 19.6 Å². The third-order valence-electron chi connectivity index (χ3n) is 2.80. The number of rotatable bonds is 7. The molecule has 0 radical (unpaired) electrons. The van der Waals surface area contributed by atoms with Crippen LogP contribution in [0.2, 0.25) is 0 Å². The Labute approximate surface area is 137 Å². The van der Waals surface area contributed by atoms with Crippen LogP contribution in [0.4, 0.5) is 0 Å². The van der Waals surface area contributed by atoms with Gasteiger partial charge < -0.3 is 9.32 Å². The smallest absolute Gasteiger partial charge is 0.314 e. The highest BCUT2D eigenvalue weighted by Gasteiger charge is 2.29. The number of aliphatic imine (C=N–C) groups is 1. The standard InChI is InChI=1S/C14H14ClN3O3S/c1-10(22-11(2)15)9-17-6-5-16-14(17)13(18(19)20)8-12-4-3-7-21-12/h3-4,7-8H,1-2,5-6,9H2/b13-8+. The van der Waals surface area contributed by atoms with Crippen LogP contribution < -0.4 is 0 Å². The summed E-state index contributed by atoms with van der Waals surface area (Å²) < 4.78 is 5.54. The fourth-order valence-electron chi connectivity index (χ4n) is 1.99. The summed E-state index contributed by atoms with van der Waals surface area (Å²) in [7, 11) is 0. The summed E-state index contributed by atoms with van der Waals surface area (Å²) in [6.45, 7) is 8.98. The van der Waals surface area contributed by atoms with Crippen LogP contribution in [0, 0.1) is 10.1 Å². The van der Waals surface area contributed by atoms with E-state index in [1.807, 2.05) is 0 Å². The Morgan fingerprint density at radius 2 is 2.41 bits per heavy atom. The lowest BCUT2D eigenvalue weighted by Crippen LogP contribution is -2.32. The van der Waals surface area contributed by atoms with Gasteiger partial charge in [0, 0.05) is 11.4 Å². The van der Waals surface area contributed by atoms with Crippen LogP contribution in [0.15, 0.2) is 55.9 Å². The quantitative estimate of drug-likeness (QED) is 0.561. The van der Waals surface area contributed by atoms with Crippen molar-refractivity contribution in [2.45, 2.75) is 0 Å². The first kappa shape index (κ1) is 16.4. The second kappa shape index (κ2) is 7.33. The molecule has 8 heteroatoms. The molecule has 0 unspecified atom stereocenters. The number of nitrogens with zero attached hydrogens (tertiary/aromatic N) is 3. The molecule has 0 spiro atoms. The predicted molar refractivity (Wildman–Crippen MR) is 89.3 cm³/mol. The van der Waals surface area contributed by atoms with Crippen molar-refractivity contribution in [3.8, 4) is 0 Å². The molecule has 1 aliphatic rings. The number of thioether (sulfide) groups is 1. The molecular weight excluding hydrogens is 326 g/mol. The Bertz CT molecular complexity index is 652. The van der Waals surface area contributed by atoms with Gasteiger partial charge in [-0.1, -0.05) is 36.5 Å². The average molecular weight is 340 g/mol. The fraction of sp³-hybridized carbons (Fsp3) is 0.214. The van der Waals surface area contributed by atoms with E-state index in [4.69, 9.17) is 16.0 Å². The largest absolute Gasteiger partial charge is 0.465 e.